The molecule has 1 aromatic carbocycles. The van der Waals surface area contributed by atoms with Crippen molar-refractivity contribution in [2.75, 3.05) is 12.0 Å². The SMILES string of the molecule is CS(=O)(=O)CCc1cccc(S(N)(=O)=O)c1[N+](=O)[O-]. The number of nitro benzene ring substituents is 1. The summed E-state index contributed by atoms with van der Waals surface area (Å²) in [4.78, 5) is 9.45. The van der Waals surface area contributed by atoms with E-state index in [0.29, 0.717) is 0 Å². The summed E-state index contributed by atoms with van der Waals surface area (Å²) in [7, 11) is -7.56. The van der Waals surface area contributed by atoms with Gasteiger partial charge in [0, 0.05) is 11.8 Å². The van der Waals surface area contributed by atoms with Gasteiger partial charge >= 0.3 is 0 Å². The zero-order valence-electron chi connectivity index (χ0n) is 9.94. The number of aryl methyl sites for hydroxylation is 1. The summed E-state index contributed by atoms with van der Waals surface area (Å²) in [6, 6.07) is 3.60. The molecule has 0 spiro atoms. The van der Waals surface area contributed by atoms with Crippen LogP contribution in [-0.4, -0.2) is 33.8 Å². The Morgan fingerprint density at radius 3 is 2.26 bits per heavy atom. The second-order valence-corrected chi connectivity index (χ2v) is 7.74. The highest BCUT2D eigenvalue weighted by molar-refractivity contribution is 7.90. The van der Waals surface area contributed by atoms with Crippen molar-refractivity contribution in [2.45, 2.75) is 11.3 Å². The third-order valence-electron chi connectivity index (χ3n) is 2.31. The molecule has 1 rings (SSSR count). The van der Waals surface area contributed by atoms with Crippen molar-refractivity contribution in [3.8, 4) is 0 Å². The average Bonchev–Trinajstić information content (AvgIpc) is 2.23. The number of benzene rings is 1. The summed E-state index contributed by atoms with van der Waals surface area (Å²) >= 11 is 0. The molecule has 2 N–H and O–H groups in total. The fourth-order valence-corrected chi connectivity index (χ4v) is 2.84. The number of sulfone groups is 1. The zero-order chi connectivity index (χ0) is 14.8. The lowest BCUT2D eigenvalue weighted by Crippen LogP contribution is -2.16. The van der Waals surface area contributed by atoms with Gasteiger partial charge in [-0.15, -0.1) is 0 Å². The molecule has 0 atom stereocenters. The normalized spacial score (nSPS) is 12.3. The van der Waals surface area contributed by atoms with Crippen LogP contribution in [0.1, 0.15) is 5.56 Å². The molecule has 0 unspecified atom stereocenters. The Hall–Kier alpha value is -1.52. The molecule has 0 aromatic heterocycles. The predicted octanol–water partition coefficient (Wildman–Crippen LogP) is -0.171. The lowest BCUT2D eigenvalue weighted by Gasteiger charge is -2.06. The molecule has 0 saturated carbocycles. The van der Waals surface area contributed by atoms with Crippen molar-refractivity contribution in [3.63, 3.8) is 0 Å². The summed E-state index contributed by atoms with van der Waals surface area (Å²) in [6.45, 7) is 0. The molecule has 106 valence electrons. The first-order valence-electron chi connectivity index (χ1n) is 4.99. The third-order valence-corrected chi connectivity index (χ3v) is 4.20. The van der Waals surface area contributed by atoms with Crippen LogP contribution in [0.5, 0.6) is 0 Å². The van der Waals surface area contributed by atoms with Crippen LogP contribution in [0.3, 0.4) is 0 Å². The Morgan fingerprint density at radius 1 is 1.26 bits per heavy atom. The number of rotatable bonds is 5. The standard InChI is InChI=1S/C9H12N2O6S2/c1-18(14,15)6-5-7-3-2-4-8(19(10,16)17)9(7)11(12)13/h2-4H,5-6H2,1H3,(H2,10,16,17). The van der Waals surface area contributed by atoms with Gasteiger partial charge in [0.15, 0.2) is 4.90 Å². The largest absolute Gasteiger partial charge is 0.292 e. The lowest BCUT2D eigenvalue weighted by atomic mass is 10.1. The van der Waals surface area contributed by atoms with Gasteiger partial charge < -0.3 is 0 Å². The fourth-order valence-electron chi connectivity index (χ4n) is 1.50. The van der Waals surface area contributed by atoms with Gasteiger partial charge in [-0.05, 0) is 12.5 Å². The van der Waals surface area contributed by atoms with Crippen LogP contribution in [0.4, 0.5) is 5.69 Å². The van der Waals surface area contributed by atoms with E-state index in [4.69, 9.17) is 5.14 Å². The number of hydrogen-bond donors (Lipinski definition) is 1. The summed E-state index contributed by atoms with van der Waals surface area (Å²) < 4.78 is 44.6. The molecule has 1 aromatic rings. The first kappa shape index (κ1) is 15.5. The predicted molar refractivity (Wildman–Crippen MR) is 67.9 cm³/mol. The van der Waals surface area contributed by atoms with E-state index < -0.39 is 35.4 Å². The number of nitrogens with two attached hydrogens (primary N) is 1. The molecule has 8 nitrogen and oxygen atoms in total. The van der Waals surface area contributed by atoms with E-state index in [9.17, 15) is 26.9 Å². The Labute approximate surface area is 110 Å². The fraction of sp³-hybridized carbons (Fsp3) is 0.333. The van der Waals surface area contributed by atoms with Crippen LogP contribution < -0.4 is 5.14 Å². The van der Waals surface area contributed by atoms with Gasteiger partial charge in [-0.2, -0.15) is 0 Å². The zero-order valence-corrected chi connectivity index (χ0v) is 11.6. The number of para-hydroxylation sites is 1. The molecule has 0 radical (unpaired) electrons. The molecule has 10 heteroatoms. The molecular formula is C9H12N2O6S2. The molecule has 0 aliphatic carbocycles. The number of nitrogens with zero attached hydrogens (tertiary/aromatic N) is 1. The second kappa shape index (κ2) is 5.23. The summed E-state index contributed by atoms with van der Waals surface area (Å²) in [6.07, 6.45) is 0.834. The quantitative estimate of drug-likeness (QED) is 0.592. The summed E-state index contributed by atoms with van der Waals surface area (Å²) in [5.74, 6) is -0.318. The van der Waals surface area contributed by atoms with Crippen molar-refractivity contribution in [2.24, 2.45) is 5.14 Å². The van der Waals surface area contributed by atoms with Crippen molar-refractivity contribution in [1.82, 2.24) is 0 Å². The monoisotopic (exact) mass is 308 g/mol. The van der Waals surface area contributed by atoms with Crippen LogP contribution in [0.2, 0.25) is 0 Å². The number of nitro groups is 1. The smallest absolute Gasteiger partial charge is 0.258 e. The maximum atomic E-state index is 11.3. The van der Waals surface area contributed by atoms with Crippen molar-refractivity contribution < 1.29 is 21.8 Å². The Bertz CT molecular complexity index is 708. The minimum atomic E-state index is -4.25. The Morgan fingerprint density at radius 2 is 1.84 bits per heavy atom. The van der Waals surface area contributed by atoms with Crippen LogP contribution in [0.25, 0.3) is 0 Å². The molecule has 0 aliphatic heterocycles. The summed E-state index contributed by atoms with van der Waals surface area (Å²) in [5, 5.41) is 15.8. The first-order chi connectivity index (χ1) is 8.52. The molecule has 0 amide bonds. The highest BCUT2D eigenvalue weighted by atomic mass is 32.2. The van der Waals surface area contributed by atoms with Gasteiger partial charge in [0.1, 0.15) is 9.84 Å². The Balaban J connectivity index is 3.38. The summed E-state index contributed by atoms with van der Waals surface area (Å²) in [5.41, 5.74) is -0.657. The van der Waals surface area contributed by atoms with E-state index in [2.05, 4.69) is 0 Å². The average molecular weight is 308 g/mol. The van der Waals surface area contributed by atoms with Gasteiger partial charge in [-0.1, -0.05) is 12.1 Å². The highest BCUT2D eigenvalue weighted by Gasteiger charge is 2.26. The van der Waals surface area contributed by atoms with Crippen LogP contribution in [0, 0.1) is 10.1 Å². The highest BCUT2D eigenvalue weighted by Crippen LogP contribution is 2.27. The van der Waals surface area contributed by atoms with Crippen LogP contribution >= 0.6 is 0 Å². The first-order valence-corrected chi connectivity index (χ1v) is 8.60. The van der Waals surface area contributed by atoms with E-state index in [1.54, 1.807) is 0 Å². The lowest BCUT2D eigenvalue weighted by molar-refractivity contribution is -0.388. The van der Waals surface area contributed by atoms with Crippen molar-refractivity contribution >= 4 is 25.5 Å². The van der Waals surface area contributed by atoms with E-state index in [1.807, 2.05) is 0 Å². The van der Waals surface area contributed by atoms with Gasteiger partial charge in [0.25, 0.3) is 5.69 Å². The minimum absolute atomic E-state index is 0.0157. The van der Waals surface area contributed by atoms with Crippen molar-refractivity contribution in [1.29, 1.82) is 0 Å². The maximum absolute atomic E-state index is 11.3. The number of primary sulfonamides is 1. The molecule has 0 heterocycles. The van der Waals surface area contributed by atoms with Gasteiger partial charge in [-0.25, -0.2) is 22.0 Å². The third kappa shape index (κ3) is 4.26. The molecule has 0 fully saturated rings. The van der Waals surface area contributed by atoms with E-state index in [0.717, 1.165) is 12.3 Å². The maximum Gasteiger partial charge on any atom is 0.292 e. The minimum Gasteiger partial charge on any atom is -0.258 e. The molecule has 0 bridgehead atoms. The topological polar surface area (TPSA) is 137 Å². The number of hydrogen-bond acceptors (Lipinski definition) is 6. The molecule has 0 saturated heterocycles. The van der Waals surface area contributed by atoms with Gasteiger partial charge in [0.05, 0.1) is 10.7 Å². The van der Waals surface area contributed by atoms with E-state index >= 15 is 0 Å². The second-order valence-electron chi connectivity index (χ2n) is 3.95. The van der Waals surface area contributed by atoms with E-state index in [1.165, 1.54) is 12.1 Å². The molecule has 19 heavy (non-hydrogen) atoms. The Kier molecular flexibility index (Phi) is 4.28. The molecular weight excluding hydrogens is 296 g/mol. The van der Waals surface area contributed by atoms with Crippen LogP contribution in [0.15, 0.2) is 23.1 Å². The number of sulfonamides is 1. The molecule has 0 aliphatic rings. The van der Waals surface area contributed by atoms with Gasteiger partial charge in [0.2, 0.25) is 10.0 Å². The van der Waals surface area contributed by atoms with Gasteiger partial charge in [-0.3, -0.25) is 10.1 Å². The van der Waals surface area contributed by atoms with E-state index in [-0.39, 0.29) is 17.7 Å². The van der Waals surface area contributed by atoms with Crippen LogP contribution in [-0.2, 0) is 26.3 Å². The van der Waals surface area contributed by atoms with Crippen molar-refractivity contribution in [3.05, 3.63) is 33.9 Å².